The molecule has 0 atom stereocenters. The van der Waals surface area contributed by atoms with Crippen molar-refractivity contribution in [3.63, 3.8) is 0 Å². The standard InChI is InChI=1S/C21H30N2O3/c1-21(2,3)26-20(25)23-13-11-16(12-14-23)15-5-7-17(8-6-15)19(24)22(4)18-9-10-18/h5-8,16,18H,9-14H2,1-4H3. The molecule has 142 valence electrons. The van der Waals surface area contributed by atoms with Crippen molar-refractivity contribution in [2.45, 2.75) is 64.0 Å². The van der Waals surface area contributed by atoms with Crippen LogP contribution in [0.2, 0.25) is 0 Å². The topological polar surface area (TPSA) is 49.9 Å². The summed E-state index contributed by atoms with van der Waals surface area (Å²) in [7, 11) is 1.89. The molecule has 0 aromatic heterocycles. The summed E-state index contributed by atoms with van der Waals surface area (Å²) < 4.78 is 5.45. The predicted molar refractivity (Wildman–Crippen MR) is 101 cm³/mol. The summed E-state index contributed by atoms with van der Waals surface area (Å²) in [4.78, 5) is 28.2. The molecule has 26 heavy (non-hydrogen) atoms. The maximum atomic E-state index is 12.4. The van der Waals surface area contributed by atoms with Crippen LogP contribution < -0.4 is 0 Å². The summed E-state index contributed by atoms with van der Waals surface area (Å²) in [6.45, 7) is 7.10. The average Bonchev–Trinajstić information content (AvgIpc) is 3.44. The number of piperidine rings is 1. The molecule has 2 amide bonds. The largest absolute Gasteiger partial charge is 0.444 e. The first-order valence-corrected chi connectivity index (χ1v) is 9.59. The van der Waals surface area contributed by atoms with Gasteiger partial charge in [0.25, 0.3) is 5.91 Å². The SMILES string of the molecule is CN(C(=O)c1ccc(C2CCN(C(=O)OC(C)(C)C)CC2)cc1)C1CC1. The second-order valence-electron chi connectivity index (χ2n) is 8.51. The molecule has 3 rings (SSSR count). The first-order valence-electron chi connectivity index (χ1n) is 9.59. The van der Waals surface area contributed by atoms with Gasteiger partial charge in [-0.15, -0.1) is 0 Å². The van der Waals surface area contributed by atoms with Crippen LogP contribution in [0, 0.1) is 0 Å². The fourth-order valence-corrected chi connectivity index (χ4v) is 3.45. The van der Waals surface area contributed by atoms with E-state index in [1.165, 1.54) is 5.56 Å². The number of hydrogen-bond acceptors (Lipinski definition) is 3. The molecule has 5 heteroatoms. The molecule has 2 fully saturated rings. The number of carbonyl (C=O) groups excluding carboxylic acids is 2. The molecule has 1 aromatic carbocycles. The van der Waals surface area contributed by atoms with E-state index < -0.39 is 5.60 Å². The van der Waals surface area contributed by atoms with Crippen LogP contribution in [0.15, 0.2) is 24.3 Å². The van der Waals surface area contributed by atoms with E-state index in [0.29, 0.717) is 25.0 Å². The van der Waals surface area contributed by atoms with Crippen LogP contribution in [0.25, 0.3) is 0 Å². The van der Waals surface area contributed by atoms with Gasteiger partial charge in [0.05, 0.1) is 0 Å². The second-order valence-corrected chi connectivity index (χ2v) is 8.51. The molecule has 1 saturated heterocycles. The number of nitrogens with zero attached hydrogens (tertiary/aromatic N) is 2. The van der Waals surface area contributed by atoms with Gasteiger partial charge in [-0.3, -0.25) is 4.79 Å². The number of benzene rings is 1. The third-order valence-corrected chi connectivity index (χ3v) is 5.19. The third kappa shape index (κ3) is 4.57. The maximum absolute atomic E-state index is 12.4. The number of hydrogen-bond donors (Lipinski definition) is 0. The quantitative estimate of drug-likeness (QED) is 0.819. The van der Waals surface area contributed by atoms with Crippen molar-refractivity contribution in [2.75, 3.05) is 20.1 Å². The van der Waals surface area contributed by atoms with Gasteiger partial charge in [-0.1, -0.05) is 12.1 Å². The molecule has 0 radical (unpaired) electrons. The fourth-order valence-electron chi connectivity index (χ4n) is 3.45. The Hall–Kier alpha value is -2.04. The lowest BCUT2D eigenvalue weighted by Crippen LogP contribution is -2.41. The first kappa shape index (κ1) is 18.7. The van der Waals surface area contributed by atoms with Gasteiger partial charge in [0.2, 0.25) is 0 Å². The smallest absolute Gasteiger partial charge is 0.410 e. The summed E-state index contributed by atoms with van der Waals surface area (Å²) >= 11 is 0. The molecule has 0 N–H and O–H groups in total. The molecule has 0 spiro atoms. The Kier molecular flexibility index (Phi) is 5.26. The molecule has 1 aromatic rings. The Labute approximate surface area is 156 Å². The van der Waals surface area contributed by atoms with Gasteiger partial charge < -0.3 is 14.5 Å². The molecular weight excluding hydrogens is 328 g/mol. The molecule has 1 aliphatic carbocycles. The van der Waals surface area contributed by atoms with E-state index in [1.54, 1.807) is 4.90 Å². The van der Waals surface area contributed by atoms with E-state index in [-0.39, 0.29) is 12.0 Å². The number of likely N-dealkylation sites (tertiary alicyclic amines) is 1. The predicted octanol–water partition coefficient (Wildman–Crippen LogP) is 4.04. The van der Waals surface area contributed by atoms with Crippen LogP contribution >= 0.6 is 0 Å². The van der Waals surface area contributed by atoms with E-state index in [9.17, 15) is 9.59 Å². The minimum absolute atomic E-state index is 0.110. The highest BCUT2D eigenvalue weighted by Crippen LogP contribution is 2.30. The molecule has 0 unspecified atom stereocenters. The summed E-state index contributed by atoms with van der Waals surface area (Å²) in [5.74, 6) is 0.540. The Morgan fingerprint density at radius 3 is 2.12 bits per heavy atom. The number of ether oxygens (including phenoxy) is 1. The minimum atomic E-state index is -0.454. The summed E-state index contributed by atoms with van der Waals surface area (Å²) in [5.41, 5.74) is 1.55. The third-order valence-electron chi connectivity index (χ3n) is 5.19. The lowest BCUT2D eigenvalue weighted by Gasteiger charge is -2.33. The van der Waals surface area contributed by atoms with E-state index >= 15 is 0 Å². The summed E-state index contributed by atoms with van der Waals surface area (Å²) in [6, 6.07) is 8.45. The van der Waals surface area contributed by atoms with E-state index in [2.05, 4.69) is 12.1 Å². The highest BCUT2D eigenvalue weighted by Gasteiger charge is 2.30. The lowest BCUT2D eigenvalue weighted by molar-refractivity contribution is 0.0204. The van der Waals surface area contributed by atoms with Crippen molar-refractivity contribution >= 4 is 12.0 Å². The van der Waals surface area contributed by atoms with Crippen molar-refractivity contribution in [3.8, 4) is 0 Å². The maximum Gasteiger partial charge on any atom is 0.410 e. The first-order chi connectivity index (χ1) is 12.2. The average molecular weight is 358 g/mol. The fraction of sp³-hybridized carbons (Fsp3) is 0.619. The number of carbonyl (C=O) groups is 2. The molecule has 0 bridgehead atoms. The molecular formula is C21H30N2O3. The Balaban J connectivity index is 1.54. The second kappa shape index (κ2) is 7.29. The van der Waals surface area contributed by atoms with E-state index in [0.717, 1.165) is 31.2 Å². The Morgan fingerprint density at radius 2 is 1.62 bits per heavy atom. The number of amides is 2. The zero-order valence-corrected chi connectivity index (χ0v) is 16.3. The van der Waals surface area contributed by atoms with Crippen LogP contribution in [-0.2, 0) is 4.74 Å². The van der Waals surface area contributed by atoms with Crippen molar-refractivity contribution in [1.29, 1.82) is 0 Å². The van der Waals surface area contributed by atoms with Crippen molar-refractivity contribution in [1.82, 2.24) is 9.80 Å². The highest BCUT2D eigenvalue weighted by molar-refractivity contribution is 5.94. The van der Waals surface area contributed by atoms with Gasteiger partial charge in [-0.25, -0.2) is 4.79 Å². The van der Waals surface area contributed by atoms with Gasteiger partial charge in [-0.2, -0.15) is 0 Å². The summed E-state index contributed by atoms with van der Waals surface area (Å²) in [6.07, 6.45) is 3.87. The van der Waals surface area contributed by atoms with Crippen LogP contribution in [0.4, 0.5) is 4.79 Å². The van der Waals surface area contributed by atoms with Crippen molar-refractivity contribution < 1.29 is 14.3 Å². The van der Waals surface area contributed by atoms with Gasteiger partial charge in [-0.05, 0) is 70.1 Å². The zero-order valence-electron chi connectivity index (χ0n) is 16.3. The normalized spacial score (nSPS) is 18.5. The highest BCUT2D eigenvalue weighted by atomic mass is 16.6. The molecule has 1 heterocycles. The van der Waals surface area contributed by atoms with Crippen molar-refractivity contribution in [2.24, 2.45) is 0 Å². The lowest BCUT2D eigenvalue weighted by atomic mass is 9.89. The van der Waals surface area contributed by atoms with Crippen LogP contribution in [-0.4, -0.2) is 53.6 Å². The zero-order chi connectivity index (χ0) is 18.9. The Bertz CT molecular complexity index is 651. The Morgan fingerprint density at radius 1 is 1.04 bits per heavy atom. The molecule has 2 aliphatic rings. The molecule has 1 aliphatic heterocycles. The van der Waals surface area contributed by atoms with Crippen LogP contribution in [0.5, 0.6) is 0 Å². The van der Waals surface area contributed by atoms with Gasteiger partial charge >= 0.3 is 6.09 Å². The van der Waals surface area contributed by atoms with Crippen LogP contribution in [0.3, 0.4) is 0 Å². The van der Waals surface area contributed by atoms with Gasteiger partial charge in [0.15, 0.2) is 0 Å². The van der Waals surface area contributed by atoms with Gasteiger partial charge in [0, 0.05) is 31.7 Å². The van der Waals surface area contributed by atoms with E-state index in [4.69, 9.17) is 4.74 Å². The van der Waals surface area contributed by atoms with Gasteiger partial charge in [0.1, 0.15) is 5.60 Å². The summed E-state index contributed by atoms with van der Waals surface area (Å²) in [5, 5.41) is 0. The molecule has 5 nitrogen and oxygen atoms in total. The molecule has 1 saturated carbocycles. The van der Waals surface area contributed by atoms with Crippen LogP contribution in [0.1, 0.15) is 68.3 Å². The van der Waals surface area contributed by atoms with E-state index in [1.807, 2.05) is 44.9 Å². The van der Waals surface area contributed by atoms with Crippen molar-refractivity contribution in [3.05, 3.63) is 35.4 Å². The number of rotatable bonds is 3. The minimum Gasteiger partial charge on any atom is -0.444 e. The monoisotopic (exact) mass is 358 g/mol.